The van der Waals surface area contributed by atoms with Crippen LogP contribution in [0, 0.1) is 0 Å². The first kappa shape index (κ1) is 10.6. The lowest BCUT2D eigenvalue weighted by Gasteiger charge is -2.03. The molecule has 1 aromatic rings. The van der Waals surface area contributed by atoms with Gasteiger partial charge in [-0.2, -0.15) is 0 Å². The van der Waals surface area contributed by atoms with Crippen LogP contribution >= 0.6 is 11.8 Å². The summed E-state index contributed by atoms with van der Waals surface area (Å²) in [5.74, 6) is -1.57. The van der Waals surface area contributed by atoms with E-state index in [2.05, 4.69) is 0 Å². The molecule has 1 rings (SSSR count). The molecular formula is C9H9NO3S. The summed E-state index contributed by atoms with van der Waals surface area (Å²) in [6.45, 7) is 0. The van der Waals surface area contributed by atoms with Crippen molar-refractivity contribution in [1.29, 1.82) is 0 Å². The van der Waals surface area contributed by atoms with E-state index < -0.39 is 11.9 Å². The van der Waals surface area contributed by atoms with Crippen molar-refractivity contribution in [1.82, 2.24) is 0 Å². The minimum Gasteiger partial charge on any atom is -0.478 e. The second-order valence-electron chi connectivity index (χ2n) is 2.58. The molecule has 14 heavy (non-hydrogen) atoms. The van der Waals surface area contributed by atoms with Gasteiger partial charge in [0.05, 0.1) is 5.56 Å². The van der Waals surface area contributed by atoms with Crippen LogP contribution in [0.5, 0.6) is 0 Å². The number of hydrogen-bond acceptors (Lipinski definition) is 3. The SMILES string of the molecule is CSc1cc(C(N)=O)ccc1C(=O)O. The molecule has 0 spiro atoms. The number of carbonyl (C=O) groups excluding carboxylic acids is 1. The molecule has 0 aliphatic carbocycles. The van der Waals surface area contributed by atoms with E-state index >= 15 is 0 Å². The molecule has 4 nitrogen and oxygen atoms in total. The molecule has 5 heteroatoms. The molecule has 3 N–H and O–H groups in total. The lowest BCUT2D eigenvalue weighted by atomic mass is 10.1. The fourth-order valence-corrected chi connectivity index (χ4v) is 1.64. The summed E-state index contributed by atoms with van der Waals surface area (Å²) in [4.78, 5) is 22.1. The fourth-order valence-electron chi connectivity index (χ4n) is 1.02. The van der Waals surface area contributed by atoms with Gasteiger partial charge < -0.3 is 10.8 Å². The molecule has 0 bridgehead atoms. The topological polar surface area (TPSA) is 80.4 Å². The number of thioether (sulfide) groups is 1. The van der Waals surface area contributed by atoms with Crippen molar-refractivity contribution in [2.75, 3.05) is 6.26 Å². The van der Waals surface area contributed by atoms with Crippen LogP contribution in [0.3, 0.4) is 0 Å². The number of carbonyl (C=O) groups is 2. The van der Waals surface area contributed by atoms with E-state index in [0.29, 0.717) is 10.5 Å². The Hall–Kier alpha value is -1.49. The maximum Gasteiger partial charge on any atom is 0.336 e. The highest BCUT2D eigenvalue weighted by atomic mass is 32.2. The van der Waals surface area contributed by atoms with Gasteiger partial charge in [0.1, 0.15) is 0 Å². The summed E-state index contributed by atoms with van der Waals surface area (Å²) in [6.07, 6.45) is 1.74. The summed E-state index contributed by atoms with van der Waals surface area (Å²) in [5, 5.41) is 8.80. The monoisotopic (exact) mass is 211 g/mol. The smallest absolute Gasteiger partial charge is 0.336 e. The first-order chi connectivity index (χ1) is 6.56. The zero-order chi connectivity index (χ0) is 10.7. The predicted molar refractivity (Wildman–Crippen MR) is 53.7 cm³/mol. The van der Waals surface area contributed by atoms with Crippen molar-refractivity contribution in [2.45, 2.75) is 4.90 Å². The molecule has 1 aromatic carbocycles. The van der Waals surface area contributed by atoms with Crippen molar-refractivity contribution >= 4 is 23.6 Å². The molecule has 0 saturated carbocycles. The van der Waals surface area contributed by atoms with Gasteiger partial charge in [-0.05, 0) is 24.5 Å². The minimum absolute atomic E-state index is 0.183. The number of primary amides is 1. The van der Waals surface area contributed by atoms with Crippen LogP contribution in [0.25, 0.3) is 0 Å². The van der Waals surface area contributed by atoms with E-state index in [9.17, 15) is 9.59 Å². The molecule has 0 saturated heterocycles. The van der Waals surface area contributed by atoms with Crippen molar-refractivity contribution in [3.8, 4) is 0 Å². The summed E-state index contributed by atoms with van der Waals surface area (Å²) < 4.78 is 0. The minimum atomic E-state index is -1.01. The molecule has 74 valence electrons. The van der Waals surface area contributed by atoms with Crippen LogP contribution < -0.4 is 5.73 Å². The van der Waals surface area contributed by atoms with Gasteiger partial charge in [-0.3, -0.25) is 4.79 Å². The molecule has 0 aliphatic heterocycles. The first-order valence-corrected chi connectivity index (χ1v) is 5.00. The van der Waals surface area contributed by atoms with Gasteiger partial charge in [-0.15, -0.1) is 11.8 Å². The standard InChI is InChI=1S/C9H9NO3S/c1-14-7-4-5(8(10)11)2-3-6(7)9(12)13/h2-4H,1H3,(H2,10,11)(H,12,13). The highest BCUT2D eigenvalue weighted by Gasteiger charge is 2.11. The lowest BCUT2D eigenvalue weighted by Crippen LogP contribution is -2.11. The van der Waals surface area contributed by atoms with Crippen LogP contribution in [0.15, 0.2) is 23.1 Å². The first-order valence-electron chi connectivity index (χ1n) is 3.77. The highest BCUT2D eigenvalue weighted by Crippen LogP contribution is 2.21. The number of benzene rings is 1. The highest BCUT2D eigenvalue weighted by molar-refractivity contribution is 7.98. The Morgan fingerprint density at radius 1 is 1.43 bits per heavy atom. The molecule has 0 unspecified atom stereocenters. The van der Waals surface area contributed by atoms with Crippen molar-refractivity contribution in [2.24, 2.45) is 5.73 Å². The maximum absolute atomic E-state index is 10.8. The molecule has 0 fully saturated rings. The van der Waals surface area contributed by atoms with Crippen LogP contribution in [-0.2, 0) is 0 Å². The third kappa shape index (κ3) is 2.05. The van der Waals surface area contributed by atoms with Crippen LogP contribution in [-0.4, -0.2) is 23.2 Å². The number of aromatic carboxylic acids is 1. The third-order valence-electron chi connectivity index (χ3n) is 1.72. The Bertz CT molecular complexity index is 390. The second kappa shape index (κ2) is 4.15. The number of amides is 1. The van der Waals surface area contributed by atoms with Crippen LogP contribution in [0.4, 0.5) is 0 Å². The summed E-state index contributed by atoms with van der Waals surface area (Å²) >= 11 is 1.27. The van der Waals surface area contributed by atoms with E-state index in [-0.39, 0.29) is 5.56 Å². The summed E-state index contributed by atoms with van der Waals surface area (Å²) in [6, 6.07) is 4.27. The quantitative estimate of drug-likeness (QED) is 0.736. The molecule has 0 atom stereocenters. The van der Waals surface area contributed by atoms with Crippen LogP contribution in [0.1, 0.15) is 20.7 Å². The lowest BCUT2D eigenvalue weighted by molar-refractivity contribution is 0.0692. The van der Waals surface area contributed by atoms with Gasteiger partial charge in [0.25, 0.3) is 0 Å². The van der Waals surface area contributed by atoms with Gasteiger partial charge in [0.15, 0.2) is 0 Å². The maximum atomic E-state index is 10.8. The Morgan fingerprint density at radius 2 is 2.07 bits per heavy atom. The number of carboxylic acid groups (broad SMARTS) is 1. The van der Waals surface area contributed by atoms with E-state index in [0.717, 1.165) is 0 Å². The number of carboxylic acids is 1. The molecule has 0 aliphatic rings. The van der Waals surface area contributed by atoms with Crippen molar-refractivity contribution in [3.63, 3.8) is 0 Å². The van der Waals surface area contributed by atoms with Gasteiger partial charge in [0, 0.05) is 10.5 Å². The molecule has 1 amide bonds. The average molecular weight is 211 g/mol. The zero-order valence-corrected chi connectivity index (χ0v) is 8.30. The fraction of sp³-hybridized carbons (Fsp3) is 0.111. The Balaban J connectivity index is 3.25. The molecular weight excluding hydrogens is 202 g/mol. The Labute approximate surface area is 85.1 Å². The van der Waals surface area contributed by atoms with Gasteiger partial charge in [-0.25, -0.2) is 4.79 Å². The van der Waals surface area contributed by atoms with Crippen molar-refractivity contribution < 1.29 is 14.7 Å². The van der Waals surface area contributed by atoms with E-state index in [1.807, 2.05) is 0 Å². The van der Waals surface area contributed by atoms with Crippen LogP contribution in [0.2, 0.25) is 0 Å². The van der Waals surface area contributed by atoms with E-state index in [4.69, 9.17) is 10.8 Å². The Morgan fingerprint density at radius 3 is 2.50 bits per heavy atom. The van der Waals surface area contributed by atoms with Gasteiger partial charge >= 0.3 is 5.97 Å². The van der Waals surface area contributed by atoms with E-state index in [1.165, 1.54) is 30.0 Å². The molecule has 0 aromatic heterocycles. The van der Waals surface area contributed by atoms with Gasteiger partial charge in [0.2, 0.25) is 5.91 Å². The third-order valence-corrected chi connectivity index (χ3v) is 2.49. The van der Waals surface area contributed by atoms with E-state index in [1.54, 1.807) is 6.26 Å². The van der Waals surface area contributed by atoms with Gasteiger partial charge in [-0.1, -0.05) is 0 Å². The largest absolute Gasteiger partial charge is 0.478 e. The second-order valence-corrected chi connectivity index (χ2v) is 3.43. The number of nitrogens with two attached hydrogens (primary N) is 1. The Kier molecular flexibility index (Phi) is 3.14. The predicted octanol–water partition coefficient (Wildman–Crippen LogP) is 1.21. The number of hydrogen-bond donors (Lipinski definition) is 2. The summed E-state index contributed by atoms with van der Waals surface area (Å²) in [7, 11) is 0. The average Bonchev–Trinajstić information content (AvgIpc) is 2.16. The molecule has 0 heterocycles. The van der Waals surface area contributed by atoms with Crippen molar-refractivity contribution in [3.05, 3.63) is 29.3 Å². The molecule has 0 radical (unpaired) electrons. The number of rotatable bonds is 3. The summed E-state index contributed by atoms with van der Waals surface area (Å²) in [5.41, 5.74) is 5.57. The normalized spacial score (nSPS) is 9.79. The zero-order valence-electron chi connectivity index (χ0n) is 7.48.